The van der Waals surface area contributed by atoms with E-state index in [0.717, 1.165) is 44.7 Å². The summed E-state index contributed by atoms with van der Waals surface area (Å²) in [5.41, 5.74) is 1.20. The Morgan fingerprint density at radius 3 is 2.50 bits per heavy atom. The van der Waals surface area contributed by atoms with Gasteiger partial charge >= 0.3 is 5.97 Å². The molecule has 0 bridgehead atoms. The molecule has 24 heavy (non-hydrogen) atoms. The van der Waals surface area contributed by atoms with E-state index in [9.17, 15) is 4.79 Å². The molecule has 5 heteroatoms. The first-order valence-corrected chi connectivity index (χ1v) is 8.98. The minimum atomic E-state index is -0.0851. The van der Waals surface area contributed by atoms with Gasteiger partial charge in [0.2, 0.25) is 0 Å². The van der Waals surface area contributed by atoms with Crippen LogP contribution in [0.25, 0.3) is 0 Å². The van der Waals surface area contributed by atoms with Crippen LogP contribution in [-0.4, -0.2) is 31.6 Å². The third-order valence-corrected chi connectivity index (χ3v) is 3.51. The summed E-state index contributed by atoms with van der Waals surface area (Å²) in [5.74, 6) is 0.769. The Labute approximate surface area is 145 Å². The second-order valence-corrected chi connectivity index (χ2v) is 5.58. The van der Waals surface area contributed by atoms with Crippen LogP contribution in [0.4, 0.5) is 0 Å². The maximum Gasteiger partial charge on any atom is 0.305 e. The van der Waals surface area contributed by atoms with Crippen molar-refractivity contribution in [3.05, 3.63) is 35.9 Å². The highest BCUT2D eigenvalue weighted by Crippen LogP contribution is 2.04. The summed E-state index contributed by atoms with van der Waals surface area (Å²) in [4.78, 5) is 15.8. The molecule has 0 saturated carbocycles. The van der Waals surface area contributed by atoms with Crippen LogP contribution in [0.15, 0.2) is 35.3 Å². The lowest BCUT2D eigenvalue weighted by molar-refractivity contribution is -0.143. The third-order valence-electron chi connectivity index (χ3n) is 3.51. The predicted octanol–water partition coefficient (Wildman–Crippen LogP) is 3.26. The van der Waals surface area contributed by atoms with Crippen molar-refractivity contribution in [2.24, 2.45) is 4.99 Å². The fourth-order valence-electron chi connectivity index (χ4n) is 2.28. The molecule has 134 valence electrons. The predicted molar refractivity (Wildman–Crippen MR) is 99.0 cm³/mol. The van der Waals surface area contributed by atoms with Gasteiger partial charge in [0.1, 0.15) is 0 Å². The number of carbonyl (C=O) groups is 1. The van der Waals surface area contributed by atoms with Crippen molar-refractivity contribution in [1.29, 1.82) is 0 Å². The highest BCUT2D eigenvalue weighted by atomic mass is 16.5. The molecule has 1 aromatic carbocycles. The van der Waals surface area contributed by atoms with Crippen molar-refractivity contribution in [3.8, 4) is 0 Å². The van der Waals surface area contributed by atoms with Crippen LogP contribution in [0.1, 0.15) is 51.5 Å². The average molecular weight is 333 g/mol. The molecule has 0 aliphatic rings. The van der Waals surface area contributed by atoms with Crippen molar-refractivity contribution >= 4 is 11.9 Å². The Morgan fingerprint density at radius 1 is 1.04 bits per heavy atom. The molecular formula is C19H31N3O2. The fraction of sp³-hybridized carbons (Fsp3) is 0.579. The summed E-state index contributed by atoms with van der Waals surface area (Å²) in [6, 6.07) is 10.2. The molecule has 0 spiro atoms. The Balaban J connectivity index is 2.16. The van der Waals surface area contributed by atoms with E-state index in [0.29, 0.717) is 19.6 Å². The summed E-state index contributed by atoms with van der Waals surface area (Å²) >= 11 is 0. The quantitative estimate of drug-likeness (QED) is 0.282. The normalized spacial score (nSPS) is 11.2. The monoisotopic (exact) mass is 333 g/mol. The van der Waals surface area contributed by atoms with Gasteiger partial charge in [0.05, 0.1) is 13.2 Å². The maximum absolute atomic E-state index is 11.2. The zero-order valence-electron chi connectivity index (χ0n) is 15.0. The molecule has 0 heterocycles. The number of carbonyl (C=O) groups excluding carboxylic acids is 1. The Hall–Kier alpha value is -2.04. The van der Waals surface area contributed by atoms with E-state index < -0.39 is 0 Å². The number of benzene rings is 1. The molecule has 0 aromatic heterocycles. The average Bonchev–Trinajstić information content (AvgIpc) is 2.60. The lowest BCUT2D eigenvalue weighted by atomic mass is 10.1. The summed E-state index contributed by atoms with van der Waals surface area (Å²) in [6.45, 7) is 6.79. The van der Waals surface area contributed by atoms with Crippen LogP contribution < -0.4 is 10.6 Å². The number of aliphatic imine (C=N–C) groups is 1. The van der Waals surface area contributed by atoms with Crippen molar-refractivity contribution in [2.45, 2.75) is 52.5 Å². The van der Waals surface area contributed by atoms with E-state index in [4.69, 9.17) is 4.74 Å². The van der Waals surface area contributed by atoms with Crippen LogP contribution in [0.2, 0.25) is 0 Å². The molecule has 0 fully saturated rings. The topological polar surface area (TPSA) is 62.7 Å². The third kappa shape index (κ3) is 9.87. The van der Waals surface area contributed by atoms with Gasteiger partial charge in [-0.3, -0.25) is 4.79 Å². The number of nitrogens with zero attached hydrogens (tertiary/aromatic N) is 1. The Bertz CT molecular complexity index is 475. The largest absolute Gasteiger partial charge is 0.466 e. The van der Waals surface area contributed by atoms with Gasteiger partial charge in [-0.25, -0.2) is 4.99 Å². The second kappa shape index (κ2) is 13.4. The van der Waals surface area contributed by atoms with E-state index in [1.807, 2.05) is 25.1 Å². The zero-order chi connectivity index (χ0) is 17.5. The smallest absolute Gasteiger partial charge is 0.305 e. The van der Waals surface area contributed by atoms with Crippen LogP contribution in [-0.2, 0) is 16.1 Å². The van der Waals surface area contributed by atoms with Gasteiger partial charge in [-0.15, -0.1) is 0 Å². The number of hydrogen-bond acceptors (Lipinski definition) is 3. The molecule has 0 atom stereocenters. The van der Waals surface area contributed by atoms with Crippen LogP contribution in [0.5, 0.6) is 0 Å². The molecule has 5 nitrogen and oxygen atoms in total. The number of ether oxygens (including phenoxy) is 1. The lowest BCUT2D eigenvalue weighted by Gasteiger charge is -2.11. The number of hydrogen-bond donors (Lipinski definition) is 2. The van der Waals surface area contributed by atoms with Crippen LogP contribution >= 0.6 is 0 Å². The van der Waals surface area contributed by atoms with Gasteiger partial charge in [-0.1, -0.05) is 43.2 Å². The maximum atomic E-state index is 11.2. The zero-order valence-corrected chi connectivity index (χ0v) is 15.0. The number of nitrogens with one attached hydrogen (secondary N) is 2. The summed E-state index contributed by atoms with van der Waals surface area (Å²) < 4.78 is 4.92. The molecule has 2 N–H and O–H groups in total. The highest BCUT2D eigenvalue weighted by molar-refractivity contribution is 5.79. The summed E-state index contributed by atoms with van der Waals surface area (Å²) in [7, 11) is 0. The Kier molecular flexibility index (Phi) is 11.2. The highest BCUT2D eigenvalue weighted by Gasteiger charge is 2.01. The molecule has 0 amide bonds. The van der Waals surface area contributed by atoms with Crippen molar-refractivity contribution in [3.63, 3.8) is 0 Å². The van der Waals surface area contributed by atoms with E-state index in [1.165, 1.54) is 5.56 Å². The molecule has 0 saturated heterocycles. The first-order valence-electron chi connectivity index (χ1n) is 8.98. The van der Waals surface area contributed by atoms with Crippen molar-refractivity contribution in [1.82, 2.24) is 10.6 Å². The van der Waals surface area contributed by atoms with Gasteiger partial charge in [0.25, 0.3) is 0 Å². The second-order valence-electron chi connectivity index (χ2n) is 5.58. The molecule has 0 unspecified atom stereocenters. The van der Waals surface area contributed by atoms with Gasteiger partial charge in [0, 0.05) is 19.5 Å². The number of unbranched alkanes of at least 4 members (excludes halogenated alkanes) is 3. The number of guanidine groups is 1. The van der Waals surface area contributed by atoms with Crippen molar-refractivity contribution in [2.75, 3.05) is 19.7 Å². The van der Waals surface area contributed by atoms with E-state index in [1.54, 1.807) is 0 Å². The SMILES string of the molecule is CCNC(=NCc1ccccc1)NCCCCCCC(=O)OCC. The van der Waals surface area contributed by atoms with Gasteiger partial charge in [-0.2, -0.15) is 0 Å². The number of esters is 1. The summed E-state index contributed by atoms with van der Waals surface area (Å²) in [5, 5.41) is 6.62. The first-order chi connectivity index (χ1) is 11.8. The molecule has 0 radical (unpaired) electrons. The summed E-state index contributed by atoms with van der Waals surface area (Å²) in [6.07, 6.45) is 4.66. The lowest BCUT2D eigenvalue weighted by Crippen LogP contribution is -2.37. The first kappa shape index (κ1) is 20.0. The molecule has 1 rings (SSSR count). The molecule has 0 aliphatic carbocycles. The van der Waals surface area contributed by atoms with Crippen molar-refractivity contribution < 1.29 is 9.53 Å². The minimum absolute atomic E-state index is 0.0851. The number of rotatable bonds is 11. The molecular weight excluding hydrogens is 302 g/mol. The van der Waals surface area contributed by atoms with Crippen LogP contribution in [0, 0.1) is 0 Å². The molecule has 0 aliphatic heterocycles. The van der Waals surface area contributed by atoms with Gasteiger partial charge in [-0.05, 0) is 32.3 Å². The van der Waals surface area contributed by atoms with Gasteiger partial charge < -0.3 is 15.4 Å². The standard InChI is InChI=1S/C19H31N3O2/c1-3-20-19(22-16-17-12-8-7-9-13-17)21-15-11-6-5-10-14-18(23)24-4-2/h7-9,12-13H,3-6,10-11,14-16H2,1-2H3,(H2,20,21,22). The minimum Gasteiger partial charge on any atom is -0.466 e. The van der Waals surface area contributed by atoms with E-state index in [-0.39, 0.29) is 5.97 Å². The van der Waals surface area contributed by atoms with E-state index >= 15 is 0 Å². The fourth-order valence-corrected chi connectivity index (χ4v) is 2.28. The van der Waals surface area contributed by atoms with Crippen LogP contribution in [0.3, 0.4) is 0 Å². The van der Waals surface area contributed by atoms with E-state index in [2.05, 4.69) is 34.7 Å². The Morgan fingerprint density at radius 2 is 1.79 bits per heavy atom. The van der Waals surface area contributed by atoms with Gasteiger partial charge in [0.15, 0.2) is 5.96 Å². The molecule has 1 aromatic rings.